The number of esters is 1. The lowest BCUT2D eigenvalue weighted by Crippen LogP contribution is -2.44. The number of carbonyl (C=O) groups excluding carboxylic acids is 1. The molecule has 0 amide bonds. The highest BCUT2D eigenvalue weighted by Gasteiger charge is 2.37. The number of alkyl halides is 1. The number of nitrogens with zero attached hydrogens (tertiary/aromatic N) is 5. The summed E-state index contributed by atoms with van der Waals surface area (Å²) in [6.07, 6.45) is 1.93. The summed E-state index contributed by atoms with van der Waals surface area (Å²) in [5, 5.41) is 0. The normalized spacial score (nSPS) is 27.0. The van der Waals surface area contributed by atoms with Crippen molar-refractivity contribution in [3.8, 4) is 0 Å². The molecule has 0 aromatic carbocycles. The Hall–Kier alpha value is -1.96. The molecule has 3 atom stereocenters. The van der Waals surface area contributed by atoms with E-state index >= 15 is 0 Å². The van der Waals surface area contributed by atoms with Gasteiger partial charge in [-0.25, -0.2) is 9.37 Å². The fourth-order valence-electron chi connectivity index (χ4n) is 3.37. The first-order chi connectivity index (χ1) is 11.5. The van der Waals surface area contributed by atoms with Gasteiger partial charge in [-0.2, -0.15) is 4.98 Å². The van der Waals surface area contributed by atoms with E-state index in [-0.39, 0.29) is 18.1 Å². The maximum atomic E-state index is 14.1. The molecule has 132 valence electrons. The van der Waals surface area contributed by atoms with Crippen molar-refractivity contribution in [1.29, 1.82) is 0 Å². The van der Waals surface area contributed by atoms with Crippen LogP contribution in [0.4, 0.5) is 16.2 Å². The summed E-state index contributed by atoms with van der Waals surface area (Å²) in [6.45, 7) is 1.38. The van der Waals surface area contributed by atoms with E-state index in [0.29, 0.717) is 38.5 Å². The first-order valence-corrected chi connectivity index (χ1v) is 8.23. The molecular weight excluding hydrogens is 313 g/mol. The maximum Gasteiger partial charge on any atom is 0.323 e. The van der Waals surface area contributed by atoms with Crippen LogP contribution < -0.4 is 9.80 Å². The van der Waals surface area contributed by atoms with Crippen molar-refractivity contribution in [1.82, 2.24) is 14.9 Å². The third-order valence-corrected chi connectivity index (χ3v) is 4.62. The molecule has 0 spiro atoms. The van der Waals surface area contributed by atoms with Crippen molar-refractivity contribution >= 4 is 17.7 Å². The Kier molecular flexibility index (Phi) is 4.84. The maximum absolute atomic E-state index is 14.1. The van der Waals surface area contributed by atoms with Gasteiger partial charge in [-0.3, -0.25) is 9.69 Å². The van der Waals surface area contributed by atoms with E-state index in [4.69, 9.17) is 4.74 Å². The zero-order valence-electron chi connectivity index (χ0n) is 14.4. The minimum atomic E-state index is -0.892. The average Bonchev–Trinajstić information content (AvgIpc) is 3.13. The predicted octanol–water partition coefficient (Wildman–Crippen LogP) is 0.707. The van der Waals surface area contributed by atoms with Gasteiger partial charge >= 0.3 is 5.97 Å². The molecular formula is C16H24FN5O2. The molecule has 2 aliphatic heterocycles. The van der Waals surface area contributed by atoms with Gasteiger partial charge in [-0.1, -0.05) is 0 Å². The first kappa shape index (κ1) is 16.9. The van der Waals surface area contributed by atoms with Crippen LogP contribution in [0.15, 0.2) is 12.3 Å². The largest absolute Gasteiger partial charge is 0.464 e. The van der Waals surface area contributed by atoms with Crippen molar-refractivity contribution < 1.29 is 13.9 Å². The smallest absolute Gasteiger partial charge is 0.323 e. The second kappa shape index (κ2) is 6.88. The van der Waals surface area contributed by atoms with Crippen LogP contribution in [0.3, 0.4) is 0 Å². The van der Waals surface area contributed by atoms with Gasteiger partial charge in [0.15, 0.2) is 0 Å². The molecule has 2 aliphatic rings. The Morgan fingerprint density at radius 1 is 1.42 bits per heavy atom. The van der Waals surface area contributed by atoms with Crippen LogP contribution in [0.5, 0.6) is 0 Å². The molecule has 1 aromatic rings. The van der Waals surface area contributed by atoms with E-state index in [1.807, 2.05) is 41.9 Å². The van der Waals surface area contributed by atoms with E-state index in [1.165, 1.54) is 0 Å². The summed E-state index contributed by atoms with van der Waals surface area (Å²) in [4.78, 5) is 26.3. The van der Waals surface area contributed by atoms with Crippen molar-refractivity contribution in [2.75, 3.05) is 50.6 Å². The minimum absolute atomic E-state index is 0.0247. The zero-order chi connectivity index (χ0) is 17.3. The van der Waals surface area contributed by atoms with Gasteiger partial charge in [-0.05, 0) is 13.1 Å². The molecule has 0 unspecified atom stereocenters. The van der Waals surface area contributed by atoms with Crippen LogP contribution in [0.25, 0.3) is 0 Å². The van der Waals surface area contributed by atoms with Crippen LogP contribution in [-0.2, 0) is 9.53 Å². The van der Waals surface area contributed by atoms with Crippen LogP contribution in [0.1, 0.15) is 12.8 Å². The number of hydrogen-bond acceptors (Lipinski definition) is 7. The van der Waals surface area contributed by atoms with Crippen molar-refractivity contribution in [2.45, 2.75) is 31.1 Å². The molecule has 0 radical (unpaired) electrons. The summed E-state index contributed by atoms with van der Waals surface area (Å²) in [7, 11) is 5.64. The van der Waals surface area contributed by atoms with Crippen LogP contribution in [0, 0.1) is 0 Å². The summed E-state index contributed by atoms with van der Waals surface area (Å²) in [6, 6.07) is 1.55. The van der Waals surface area contributed by atoms with Gasteiger partial charge in [-0.15, -0.1) is 0 Å². The van der Waals surface area contributed by atoms with E-state index < -0.39 is 6.17 Å². The van der Waals surface area contributed by atoms with E-state index in [2.05, 4.69) is 9.97 Å². The Balaban J connectivity index is 1.74. The van der Waals surface area contributed by atoms with Crippen molar-refractivity contribution in [3.05, 3.63) is 12.3 Å². The molecule has 0 aliphatic carbocycles. The SMILES string of the molecule is CN(C)c1nccc(N2C[C@@H](F)C[C@H]2CN(C)[C@@H]2CCOC2=O)n1. The van der Waals surface area contributed by atoms with Crippen LogP contribution >= 0.6 is 0 Å². The standard InChI is InChI=1S/C16H24FN5O2/c1-20(2)16-18-6-4-14(19-16)22-9-11(17)8-12(22)10-21(3)13-5-7-24-15(13)23/h4,6,11-13H,5,7-10H2,1-3H3/t11-,12-,13+/m0/s1. The van der Waals surface area contributed by atoms with Gasteiger partial charge in [0.05, 0.1) is 13.2 Å². The fourth-order valence-corrected chi connectivity index (χ4v) is 3.37. The number of cyclic esters (lactones) is 1. The highest BCUT2D eigenvalue weighted by molar-refractivity contribution is 5.77. The quantitative estimate of drug-likeness (QED) is 0.733. The monoisotopic (exact) mass is 337 g/mol. The number of likely N-dealkylation sites (N-methyl/N-ethyl adjacent to an activating group) is 1. The Bertz CT molecular complexity index is 600. The highest BCUT2D eigenvalue weighted by atomic mass is 19.1. The van der Waals surface area contributed by atoms with Gasteiger partial charge in [0, 0.05) is 45.7 Å². The molecule has 0 bridgehead atoms. The number of hydrogen-bond donors (Lipinski definition) is 0. The van der Waals surface area contributed by atoms with Gasteiger partial charge in [0.2, 0.25) is 5.95 Å². The molecule has 24 heavy (non-hydrogen) atoms. The van der Waals surface area contributed by atoms with Crippen molar-refractivity contribution in [3.63, 3.8) is 0 Å². The van der Waals surface area contributed by atoms with Gasteiger partial charge in [0.25, 0.3) is 0 Å². The summed E-state index contributed by atoms with van der Waals surface area (Å²) in [5.41, 5.74) is 0. The van der Waals surface area contributed by atoms with Crippen LogP contribution in [0.2, 0.25) is 0 Å². The first-order valence-electron chi connectivity index (χ1n) is 8.23. The molecule has 2 saturated heterocycles. The molecule has 2 fully saturated rings. The summed E-state index contributed by atoms with van der Waals surface area (Å²) in [5.74, 6) is 1.14. The minimum Gasteiger partial charge on any atom is -0.464 e. The van der Waals surface area contributed by atoms with Gasteiger partial charge < -0.3 is 14.5 Å². The number of halogens is 1. The number of rotatable bonds is 5. The molecule has 0 saturated carbocycles. The summed E-state index contributed by atoms with van der Waals surface area (Å²) >= 11 is 0. The molecule has 3 rings (SSSR count). The third-order valence-electron chi connectivity index (χ3n) is 4.62. The topological polar surface area (TPSA) is 61.8 Å². The highest BCUT2D eigenvalue weighted by Crippen LogP contribution is 2.28. The predicted molar refractivity (Wildman–Crippen MR) is 89.0 cm³/mol. The number of aromatic nitrogens is 2. The number of carbonyl (C=O) groups is 1. The Morgan fingerprint density at radius 3 is 2.88 bits per heavy atom. The number of ether oxygens (including phenoxy) is 1. The summed E-state index contributed by atoms with van der Waals surface area (Å²) < 4.78 is 19.1. The lowest BCUT2D eigenvalue weighted by Gasteiger charge is -2.31. The van der Waals surface area contributed by atoms with Gasteiger partial charge in [0.1, 0.15) is 18.0 Å². The van der Waals surface area contributed by atoms with Crippen LogP contribution in [-0.4, -0.2) is 79.9 Å². The second-order valence-corrected chi connectivity index (χ2v) is 6.66. The second-order valence-electron chi connectivity index (χ2n) is 6.66. The third kappa shape index (κ3) is 3.43. The molecule has 1 aromatic heterocycles. The molecule has 8 heteroatoms. The zero-order valence-corrected chi connectivity index (χ0v) is 14.4. The Morgan fingerprint density at radius 2 is 2.21 bits per heavy atom. The number of anilines is 2. The Labute approximate surface area is 141 Å². The lowest BCUT2D eigenvalue weighted by molar-refractivity contribution is -0.142. The van der Waals surface area contributed by atoms with E-state index in [1.54, 1.807) is 6.20 Å². The molecule has 7 nitrogen and oxygen atoms in total. The fraction of sp³-hybridized carbons (Fsp3) is 0.688. The van der Waals surface area contributed by atoms with E-state index in [0.717, 1.165) is 5.82 Å². The molecule has 3 heterocycles. The molecule has 0 N–H and O–H groups in total. The van der Waals surface area contributed by atoms with Crippen molar-refractivity contribution in [2.24, 2.45) is 0 Å². The van der Waals surface area contributed by atoms with E-state index in [9.17, 15) is 9.18 Å². The average molecular weight is 337 g/mol. The lowest BCUT2D eigenvalue weighted by atomic mass is 10.1.